The van der Waals surface area contributed by atoms with Gasteiger partial charge in [-0.3, -0.25) is 9.52 Å². The molecule has 2 fully saturated rings. The van der Waals surface area contributed by atoms with E-state index in [9.17, 15) is 21.8 Å². The molecule has 11 heteroatoms. The molecule has 0 spiro atoms. The lowest BCUT2D eigenvalue weighted by molar-refractivity contribution is 0.0978. The second-order valence-electron chi connectivity index (χ2n) is 8.23. The first-order valence-electron chi connectivity index (χ1n) is 10.1. The van der Waals surface area contributed by atoms with Crippen molar-refractivity contribution in [2.45, 2.75) is 23.7 Å². The summed E-state index contributed by atoms with van der Waals surface area (Å²) in [6.45, 7) is 0.849. The van der Waals surface area contributed by atoms with Crippen LogP contribution >= 0.6 is 0 Å². The van der Waals surface area contributed by atoms with Crippen molar-refractivity contribution in [2.75, 3.05) is 26.0 Å². The van der Waals surface area contributed by atoms with Gasteiger partial charge in [-0.1, -0.05) is 18.2 Å². The molecule has 1 heterocycles. The Morgan fingerprint density at radius 3 is 2.44 bits per heavy atom. The molecule has 4 rings (SSSR count). The Kier molecular flexibility index (Phi) is 5.99. The Balaban J connectivity index is 1.42. The van der Waals surface area contributed by atoms with E-state index < -0.39 is 31.7 Å². The fourth-order valence-corrected chi connectivity index (χ4v) is 5.67. The minimum Gasteiger partial charge on any atom is -0.493 e. The molecular formula is C21H24FN3O5S2. The summed E-state index contributed by atoms with van der Waals surface area (Å²) >= 11 is 0. The third kappa shape index (κ3) is 4.94. The highest BCUT2D eigenvalue weighted by Gasteiger charge is 2.37. The van der Waals surface area contributed by atoms with Crippen molar-refractivity contribution >= 4 is 25.8 Å². The number of nitrogens with zero attached hydrogens (tertiary/aromatic N) is 1. The van der Waals surface area contributed by atoms with Crippen LogP contribution < -0.4 is 9.46 Å². The largest absolute Gasteiger partial charge is 0.493 e. The van der Waals surface area contributed by atoms with Crippen molar-refractivity contribution < 1.29 is 26.5 Å². The molecule has 1 amide bonds. The first kappa shape index (κ1) is 22.7. The van der Waals surface area contributed by atoms with Gasteiger partial charge in [0.05, 0.1) is 17.1 Å². The van der Waals surface area contributed by atoms with Gasteiger partial charge >= 0.3 is 0 Å². The summed E-state index contributed by atoms with van der Waals surface area (Å²) < 4.78 is 67.8. The summed E-state index contributed by atoms with van der Waals surface area (Å²) in [5.74, 6) is -1.28. The van der Waals surface area contributed by atoms with E-state index in [1.54, 1.807) is 30.3 Å². The number of hydrogen-bond donors (Lipinski definition) is 2. The Labute approximate surface area is 186 Å². The maximum atomic E-state index is 14.6. The standard InChI is InChI=1S/C21H24FN3O5S2/c1-31(23,27)24-21(26)18-9-17(15-7-8-15)20(10-19(18)22)30-13-14-11-25(12-14)32(28,29)16-5-3-2-4-6-16/h2-6,9-10,14-15H,7-8,11-13H2,1H3,(H2,23,24,26,27). The molecule has 2 aliphatic rings. The molecule has 0 aromatic heterocycles. The Morgan fingerprint density at radius 1 is 1.19 bits per heavy atom. The number of sulfonamides is 1. The number of carbonyl (C=O) groups is 1. The molecule has 1 unspecified atom stereocenters. The molecule has 172 valence electrons. The molecule has 1 saturated heterocycles. The van der Waals surface area contributed by atoms with Crippen molar-refractivity contribution in [2.24, 2.45) is 5.92 Å². The van der Waals surface area contributed by atoms with Crippen LogP contribution in [0.5, 0.6) is 5.75 Å². The van der Waals surface area contributed by atoms with Crippen LogP contribution in [0.3, 0.4) is 0 Å². The minimum atomic E-state index is -3.53. The lowest BCUT2D eigenvalue weighted by Gasteiger charge is -2.37. The van der Waals surface area contributed by atoms with Gasteiger partial charge in [-0.15, -0.1) is 0 Å². The van der Waals surface area contributed by atoms with Crippen molar-refractivity contribution in [1.29, 1.82) is 4.78 Å². The highest BCUT2D eigenvalue weighted by molar-refractivity contribution is 7.90. The van der Waals surface area contributed by atoms with Gasteiger partial charge in [-0.05, 0) is 42.5 Å². The van der Waals surface area contributed by atoms with Crippen molar-refractivity contribution in [3.63, 3.8) is 0 Å². The van der Waals surface area contributed by atoms with E-state index in [1.165, 1.54) is 10.4 Å². The summed E-state index contributed by atoms with van der Waals surface area (Å²) in [5.41, 5.74) is 0.419. The molecule has 2 N–H and O–H groups in total. The zero-order valence-corrected chi connectivity index (χ0v) is 19.0. The van der Waals surface area contributed by atoms with Crippen LogP contribution in [0.25, 0.3) is 0 Å². The monoisotopic (exact) mass is 481 g/mol. The van der Waals surface area contributed by atoms with Gasteiger partial charge in [-0.2, -0.15) is 4.31 Å². The lowest BCUT2D eigenvalue weighted by atomic mass is 10.0. The normalized spacial score (nSPS) is 19.1. The fourth-order valence-electron chi connectivity index (χ4n) is 3.59. The van der Waals surface area contributed by atoms with Crippen molar-refractivity contribution in [1.82, 2.24) is 9.03 Å². The number of ether oxygens (including phenoxy) is 1. The topological polar surface area (TPSA) is 117 Å². The number of carbonyl (C=O) groups excluding carboxylic acids is 1. The molecule has 2 aromatic rings. The fraction of sp³-hybridized carbons (Fsp3) is 0.381. The SMILES string of the molecule is CS(=N)(=O)NC(=O)c1cc(C2CC2)c(OCC2CN(S(=O)(=O)c3ccccc3)C2)cc1F. The zero-order chi connectivity index (χ0) is 23.1. The highest BCUT2D eigenvalue weighted by Crippen LogP contribution is 2.45. The first-order valence-corrected chi connectivity index (χ1v) is 13.5. The van der Waals surface area contributed by atoms with E-state index in [-0.39, 0.29) is 28.9 Å². The number of hydrogen-bond acceptors (Lipinski definition) is 6. The second kappa shape index (κ2) is 8.45. The number of halogens is 1. The molecule has 1 aliphatic carbocycles. The van der Waals surface area contributed by atoms with Crippen LogP contribution in [0.2, 0.25) is 0 Å². The summed E-state index contributed by atoms with van der Waals surface area (Å²) in [4.78, 5) is 12.4. The average molecular weight is 482 g/mol. The Morgan fingerprint density at radius 2 is 1.84 bits per heavy atom. The number of nitrogens with one attached hydrogen (secondary N) is 2. The Bertz CT molecular complexity index is 1240. The summed E-state index contributed by atoms with van der Waals surface area (Å²) in [7, 11) is -6.85. The van der Waals surface area contributed by atoms with E-state index in [2.05, 4.69) is 0 Å². The number of benzene rings is 2. The predicted octanol–water partition coefficient (Wildman–Crippen LogP) is 2.72. The number of amides is 1. The third-order valence-electron chi connectivity index (χ3n) is 5.43. The van der Waals surface area contributed by atoms with E-state index in [0.29, 0.717) is 24.4 Å². The third-order valence-corrected chi connectivity index (χ3v) is 7.85. The first-order chi connectivity index (χ1) is 15.0. The average Bonchev–Trinajstić information content (AvgIpc) is 3.51. The van der Waals surface area contributed by atoms with Gasteiger partial charge in [0.1, 0.15) is 21.5 Å². The van der Waals surface area contributed by atoms with Crippen LogP contribution in [-0.4, -0.2) is 48.8 Å². The van der Waals surface area contributed by atoms with Crippen molar-refractivity contribution in [3.05, 3.63) is 59.4 Å². The second-order valence-corrected chi connectivity index (χ2v) is 12.1. The Hall–Kier alpha value is -2.50. The molecule has 1 saturated carbocycles. The van der Waals surface area contributed by atoms with E-state index in [1.807, 2.05) is 4.72 Å². The lowest BCUT2D eigenvalue weighted by Crippen LogP contribution is -2.51. The maximum absolute atomic E-state index is 14.6. The summed E-state index contributed by atoms with van der Waals surface area (Å²) in [6, 6.07) is 10.8. The summed E-state index contributed by atoms with van der Waals surface area (Å²) in [6.07, 6.45) is 2.82. The van der Waals surface area contributed by atoms with E-state index in [4.69, 9.17) is 9.52 Å². The van der Waals surface area contributed by atoms with Gasteiger partial charge < -0.3 is 4.74 Å². The van der Waals surface area contributed by atoms with Gasteiger partial charge in [0, 0.05) is 31.3 Å². The zero-order valence-electron chi connectivity index (χ0n) is 17.4. The molecule has 1 atom stereocenters. The van der Waals surface area contributed by atoms with Crippen LogP contribution in [0.1, 0.15) is 34.7 Å². The molecule has 2 aromatic carbocycles. The quantitative estimate of drug-likeness (QED) is 0.601. The van der Waals surface area contributed by atoms with Crippen LogP contribution in [0, 0.1) is 16.5 Å². The van der Waals surface area contributed by atoms with Gasteiger partial charge in [0.25, 0.3) is 5.91 Å². The van der Waals surface area contributed by atoms with Crippen LogP contribution in [0.15, 0.2) is 47.4 Å². The minimum absolute atomic E-state index is 0.0281. The molecule has 32 heavy (non-hydrogen) atoms. The highest BCUT2D eigenvalue weighted by atomic mass is 32.2. The van der Waals surface area contributed by atoms with E-state index >= 15 is 0 Å². The molecule has 0 bridgehead atoms. The number of rotatable bonds is 8. The smallest absolute Gasteiger partial charge is 0.266 e. The molecule has 1 aliphatic heterocycles. The van der Waals surface area contributed by atoms with Gasteiger partial charge in [0.15, 0.2) is 0 Å². The van der Waals surface area contributed by atoms with Crippen LogP contribution in [0.4, 0.5) is 4.39 Å². The molecular weight excluding hydrogens is 457 g/mol. The molecule has 8 nitrogen and oxygen atoms in total. The maximum Gasteiger partial charge on any atom is 0.266 e. The predicted molar refractivity (Wildman–Crippen MR) is 117 cm³/mol. The van der Waals surface area contributed by atoms with Crippen molar-refractivity contribution in [3.8, 4) is 5.75 Å². The summed E-state index contributed by atoms with van der Waals surface area (Å²) in [5, 5.41) is 0. The van der Waals surface area contributed by atoms with Gasteiger partial charge in [-0.25, -0.2) is 21.8 Å². The molecule has 0 radical (unpaired) electrons. The van der Waals surface area contributed by atoms with E-state index in [0.717, 1.165) is 25.2 Å². The van der Waals surface area contributed by atoms with Crippen LogP contribution in [-0.2, 0) is 19.9 Å². The van der Waals surface area contributed by atoms with Gasteiger partial charge in [0.2, 0.25) is 10.0 Å².